The second-order valence-electron chi connectivity index (χ2n) is 6.71. The number of rotatable bonds is 4. The van der Waals surface area contributed by atoms with Crippen LogP contribution >= 0.6 is 0 Å². The van der Waals surface area contributed by atoms with Crippen molar-refractivity contribution in [3.63, 3.8) is 0 Å². The number of aliphatic imine (C=N–C) groups is 1. The second kappa shape index (κ2) is 6.60. The fourth-order valence-electron chi connectivity index (χ4n) is 3.13. The summed E-state index contributed by atoms with van der Waals surface area (Å²) in [5, 5.41) is 3.52. The molecule has 0 aromatic heterocycles. The van der Waals surface area contributed by atoms with Crippen molar-refractivity contribution < 1.29 is 0 Å². The van der Waals surface area contributed by atoms with Gasteiger partial charge >= 0.3 is 0 Å². The Bertz CT molecular complexity index is 305. The zero-order valence-electron chi connectivity index (χ0n) is 12.9. The largest absolute Gasteiger partial charge is 0.356 e. The third-order valence-corrected chi connectivity index (χ3v) is 4.32. The van der Waals surface area contributed by atoms with Crippen LogP contribution in [0.3, 0.4) is 0 Å². The maximum atomic E-state index is 4.42. The summed E-state index contributed by atoms with van der Waals surface area (Å²) < 4.78 is 0. The highest BCUT2D eigenvalue weighted by Crippen LogP contribution is 2.28. The predicted molar refractivity (Wildman–Crippen MR) is 81.6 cm³/mol. The molecular weight excluding hydrogens is 236 g/mol. The van der Waals surface area contributed by atoms with E-state index in [1.807, 2.05) is 7.05 Å². The van der Waals surface area contributed by atoms with E-state index in [2.05, 4.69) is 34.0 Å². The first-order valence-electron chi connectivity index (χ1n) is 7.79. The summed E-state index contributed by atoms with van der Waals surface area (Å²) in [5.41, 5.74) is 0.438. The minimum atomic E-state index is 0.438. The zero-order chi connectivity index (χ0) is 13.7. The molecule has 4 nitrogen and oxygen atoms in total. The lowest BCUT2D eigenvalue weighted by atomic mass is 9.93. The molecule has 2 rings (SSSR count). The Morgan fingerprint density at radius 2 is 1.95 bits per heavy atom. The van der Waals surface area contributed by atoms with Crippen LogP contribution in [0, 0.1) is 5.41 Å². The van der Waals surface area contributed by atoms with Crippen molar-refractivity contribution in [3.05, 3.63) is 0 Å². The number of nitrogens with zero attached hydrogens (tertiary/aromatic N) is 3. The third-order valence-electron chi connectivity index (χ3n) is 4.32. The van der Waals surface area contributed by atoms with Crippen LogP contribution in [0.1, 0.15) is 39.5 Å². The van der Waals surface area contributed by atoms with Crippen LogP contribution in [-0.4, -0.2) is 62.1 Å². The molecule has 2 fully saturated rings. The van der Waals surface area contributed by atoms with E-state index < -0.39 is 0 Å². The maximum Gasteiger partial charge on any atom is 0.193 e. The van der Waals surface area contributed by atoms with Gasteiger partial charge in [-0.2, -0.15) is 0 Å². The summed E-state index contributed by atoms with van der Waals surface area (Å²) in [6.07, 6.45) is 5.26. The normalized spacial score (nSPS) is 24.2. The van der Waals surface area contributed by atoms with E-state index in [-0.39, 0.29) is 0 Å². The van der Waals surface area contributed by atoms with Gasteiger partial charge in [-0.15, -0.1) is 0 Å². The van der Waals surface area contributed by atoms with Gasteiger partial charge in [-0.1, -0.05) is 13.8 Å². The number of likely N-dealkylation sites (tertiary alicyclic amines) is 2. The van der Waals surface area contributed by atoms with Crippen molar-refractivity contribution in [3.8, 4) is 0 Å². The lowest BCUT2D eigenvalue weighted by Gasteiger charge is -2.24. The van der Waals surface area contributed by atoms with Crippen LogP contribution < -0.4 is 5.32 Å². The van der Waals surface area contributed by atoms with Crippen LogP contribution in [0.5, 0.6) is 0 Å². The number of nitrogens with one attached hydrogen (secondary N) is 1. The van der Waals surface area contributed by atoms with Crippen molar-refractivity contribution in [1.29, 1.82) is 0 Å². The van der Waals surface area contributed by atoms with E-state index >= 15 is 0 Å². The van der Waals surface area contributed by atoms with Crippen LogP contribution in [0.15, 0.2) is 4.99 Å². The molecule has 2 aliphatic heterocycles. The van der Waals surface area contributed by atoms with Gasteiger partial charge in [-0.25, -0.2) is 0 Å². The van der Waals surface area contributed by atoms with Crippen molar-refractivity contribution in [2.45, 2.75) is 39.5 Å². The fourth-order valence-corrected chi connectivity index (χ4v) is 3.13. The molecule has 0 bridgehead atoms. The Labute approximate surface area is 118 Å². The highest BCUT2D eigenvalue weighted by molar-refractivity contribution is 5.80. The molecular formula is C15H30N4. The fraction of sp³-hybridized carbons (Fsp3) is 0.933. The van der Waals surface area contributed by atoms with Gasteiger partial charge in [0.25, 0.3) is 0 Å². The summed E-state index contributed by atoms with van der Waals surface area (Å²) in [7, 11) is 1.90. The molecule has 0 aliphatic carbocycles. The van der Waals surface area contributed by atoms with Crippen LogP contribution in [-0.2, 0) is 0 Å². The topological polar surface area (TPSA) is 30.9 Å². The zero-order valence-corrected chi connectivity index (χ0v) is 12.9. The molecule has 1 N–H and O–H groups in total. The van der Waals surface area contributed by atoms with Crippen LogP contribution in [0.2, 0.25) is 0 Å². The molecule has 2 saturated heterocycles. The molecule has 2 aliphatic rings. The number of hydrogen-bond donors (Lipinski definition) is 1. The standard InChI is InChI=1S/C15H30N4/c1-15(2)7-12-19(13-15)14(16-3)17-8-6-11-18-9-4-5-10-18/h4-13H2,1-3H3,(H,16,17). The van der Waals surface area contributed by atoms with E-state index in [9.17, 15) is 0 Å². The Balaban J connectivity index is 1.65. The highest BCUT2D eigenvalue weighted by atomic mass is 15.3. The first-order valence-corrected chi connectivity index (χ1v) is 7.79. The van der Waals surface area contributed by atoms with Crippen molar-refractivity contribution >= 4 is 5.96 Å². The maximum absolute atomic E-state index is 4.42. The van der Waals surface area contributed by atoms with Gasteiger partial charge in [0, 0.05) is 26.7 Å². The van der Waals surface area contributed by atoms with Gasteiger partial charge in [-0.05, 0) is 50.7 Å². The molecule has 4 heteroatoms. The monoisotopic (exact) mass is 266 g/mol. The summed E-state index contributed by atoms with van der Waals surface area (Å²) in [4.78, 5) is 9.39. The van der Waals surface area contributed by atoms with Crippen molar-refractivity contribution in [2.24, 2.45) is 10.4 Å². The molecule has 19 heavy (non-hydrogen) atoms. The number of hydrogen-bond acceptors (Lipinski definition) is 2. The van der Waals surface area contributed by atoms with Crippen molar-refractivity contribution in [1.82, 2.24) is 15.1 Å². The number of guanidine groups is 1. The Morgan fingerprint density at radius 1 is 1.21 bits per heavy atom. The van der Waals surface area contributed by atoms with E-state index in [0.717, 1.165) is 25.6 Å². The Kier molecular flexibility index (Phi) is 5.08. The molecule has 0 spiro atoms. The summed E-state index contributed by atoms with van der Waals surface area (Å²) in [6.45, 7) is 11.8. The van der Waals surface area contributed by atoms with E-state index in [1.54, 1.807) is 0 Å². The lowest BCUT2D eigenvalue weighted by molar-refractivity contribution is 0.332. The van der Waals surface area contributed by atoms with Gasteiger partial charge in [-0.3, -0.25) is 4.99 Å². The Morgan fingerprint density at radius 3 is 2.53 bits per heavy atom. The van der Waals surface area contributed by atoms with E-state index in [4.69, 9.17) is 0 Å². The average molecular weight is 266 g/mol. The Hall–Kier alpha value is -0.770. The minimum absolute atomic E-state index is 0.438. The lowest BCUT2D eigenvalue weighted by Crippen LogP contribution is -2.41. The minimum Gasteiger partial charge on any atom is -0.356 e. The molecule has 0 amide bonds. The predicted octanol–water partition coefficient (Wildman–Crippen LogP) is 1.78. The summed E-state index contributed by atoms with van der Waals surface area (Å²) >= 11 is 0. The second-order valence-corrected chi connectivity index (χ2v) is 6.71. The molecule has 0 atom stereocenters. The molecule has 0 aromatic carbocycles. The smallest absolute Gasteiger partial charge is 0.193 e. The molecule has 0 radical (unpaired) electrons. The van der Waals surface area contributed by atoms with Gasteiger partial charge in [0.15, 0.2) is 5.96 Å². The summed E-state index contributed by atoms with van der Waals surface area (Å²) in [6, 6.07) is 0. The van der Waals surface area contributed by atoms with Crippen LogP contribution in [0.4, 0.5) is 0 Å². The van der Waals surface area contributed by atoms with Gasteiger partial charge in [0.2, 0.25) is 0 Å². The average Bonchev–Trinajstić information content (AvgIpc) is 2.99. The molecule has 0 aromatic rings. The van der Waals surface area contributed by atoms with Gasteiger partial charge < -0.3 is 15.1 Å². The molecule has 2 heterocycles. The summed E-state index contributed by atoms with van der Waals surface area (Å²) in [5.74, 6) is 1.09. The van der Waals surface area contributed by atoms with Gasteiger partial charge in [0.1, 0.15) is 0 Å². The molecule has 0 unspecified atom stereocenters. The van der Waals surface area contributed by atoms with E-state index in [0.29, 0.717) is 5.41 Å². The third kappa shape index (κ3) is 4.37. The van der Waals surface area contributed by atoms with Gasteiger partial charge in [0.05, 0.1) is 0 Å². The highest BCUT2D eigenvalue weighted by Gasteiger charge is 2.30. The SMILES string of the molecule is CN=C(NCCCN1CCCC1)N1CCC(C)(C)C1. The quantitative estimate of drug-likeness (QED) is 0.478. The molecule has 110 valence electrons. The molecule has 0 saturated carbocycles. The van der Waals surface area contributed by atoms with Crippen LogP contribution in [0.25, 0.3) is 0 Å². The first kappa shape index (κ1) is 14.6. The van der Waals surface area contributed by atoms with Crippen molar-refractivity contribution in [2.75, 3.05) is 46.3 Å². The first-order chi connectivity index (χ1) is 9.11. The van der Waals surface area contributed by atoms with E-state index in [1.165, 1.54) is 45.3 Å².